The first-order chi connectivity index (χ1) is 8.74. The van der Waals surface area contributed by atoms with Crippen LogP contribution in [0.15, 0.2) is 6.07 Å². The SMILES string of the molecule is CCCCn1c(O)cc(N2CCCCCC2)c1O. The minimum atomic E-state index is 0.181. The van der Waals surface area contributed by atoms with Crippen molar-refractivity contribution in [3.8, 4) is 11.8 Å². The molecule has 4 heteroatoms. The monoisotopic (exact) mass is 252 g/mol. The minimum Gasteiger partial charge on any atom is -0.494 e. The van der Waals surface area contributed by atoms with Crippen LogP contribution in [0.5, 0.6) is 11.8 Å². The molecule has 0 radical (unpaired) electrons. The number of nitrogens with zero attached hydrogens (tertiary/aromatic N) is 2. The van der Waals surface area contributed by atoms with Crippen LogP contribution in [0, 0.1) is 0 Å². The maximum atomic E-state index is 10.2. The van der Waals surface area contributed by atoms with Crippen LogP contribution >= 0.6 is 0 Å². The highest BCUT2D eigenvalue weighted by Crippen LogP contribution is 2.36. The topological polar surface area (TPSA) is 48.6 Å². The standard InChI is InChI=1S/C14H24N2O2/c1-2-3-10-16-13(17)11-12(14(16)18)15-8-6-4-5-7-9-15/h11,17-18H,2-10H2,1H3. The Bertz CT molecular complexity index is 379. The fourth-order valence-corrected chi connectivity index (χ4v) is 2.59. The average molecular weight is 252 g/mol. The summed E-state index contributed by atoms with van der Waals surface area (Å²) in [6.45, 7) is 4.74. The van der Waals surface area contributed by atoms with E-state index in [0.717, 1.165) is 31.6 Å². The molecule has 0 bridgehead atoms. The normalized spacial score (nSPS) is 16.8. The molecule has 2 rings (SSSR count). The van der Waals surface area contributed by atoms with E-state index in [4.69, 9.17) is 0 Å². The molecule has 0 aliphatic carbocycles. The van der Waals surface area contributed by atoms with Crippen molar-refractivity contribution in [2.45, 2.75) is 52.0 Å². The zero-order valence-corrected chi connectivity index (χ0v) is 11.2. The van der Waals surface area contributed by atoms with Crippen LogP contribution in [-0.4, -0.2) is 27.9 Å². The van der Waals surface area contributed by atoms with Gasteiger partial charge in [-0.3, -0.25) is 4.57 Å². The maximum Gasteiger partial charge on any atom is 0.218 e. The van der Waals surface area contributed by atoms with Gasteiger partial charge in [0.2, 0.25) is 5.88 Å². The van der Waals surface area contributed by atoms with Gasteiger partial charge in [-0.2, -0.15) is 0 Å². The van der Waals surface area contributed by atoms with E-state index < -0.39 is 0 Å². The van der Waals surface area contributed by atoms with Crippen LogP contribution < -0.4 is 4.90 Å². The van der Waals surface area contributed by atoms with Gasteiger partial charge < -0.3 is 15.1 Å². The smallest absolute Gasteiger partial charge is 0.218 e. The third-order valence-electron chi connectivity index (χ3n) is 3.71. The Hall–Kier alpha value is -1.32. The van der Waals surface area contributed by atoms with Gasteiger partial charge in [0.05, 0.1) is 0 Å². The molecular weight excluding hydrogens is 228 g/mol. The number of unbranched alkanes of at least 4 members (excludes halogenated alkanes) is 1. The largest absolute Gasteiger partial charge is 0.494 e. The van der Waals surface area contributed by atoms with Gasteiger partial charge in [0.15, 0.2) is 5.88 Å². The van der Waals surface area contributed by atoms with Gasteiger partial charge in [0.1, 0.15) is 5.69 Å². The summed E-state index contributed by atoms with van der Waals surface area (Å²) < 4.78 is 1.61. The molecule has 0 amide bonds. The van der Waals surface area contributed by atoms with Crippen molar-refractivity contribution in [3.05, 3.63) is 6.07 Å². The van der Waals surface area contributed by atoms with Gasteiger partial charge in [-0.1, -0.05) is 26.2 Å². The minimum absolute atomic E-state index is 0.181. The summed E-state index contributed by atoms with van der Waals surface area (Å²) in [4.78, 5) is 2.20. The third-order valence-corrected chi connectivity index (χ3v) is 3.71. The first-order valence-electron chi connectivity index (χ1n) is 7.10. The molecule has 0 atom stereocenters. The fourth-order valence-electron chi connectivity index (χ4n) is 2.59. The molecule has 2 heterocycles. The Morgan fingerprint density at radius 3 is 2.39 bits per heavy atom. The van der Waals surface area contributed by atoms with Gasteiger partial charge in [0, 0.05) is 25.7 Å². The highest BCUT2D eigenvalue weighted by molar-refractivity contribution is 5.59. The van der Waals surface area contributed by atoms with Crippen LogP contribution in [0.3, 0.4) is 0 Å². The number of aromatic hydroxyl groups is 2. The lowest BCUT2D eigenvalue weighted by atomic mass is 10.2. The Labute approximate surface area is 109 Å². The van der Waals surface area contributed by atoms with E-state index in [1.54, 1.807) is 10.6 Å². The maximum absolute atomic E-state index is 10.2. The molecular formula is C14H24N2O2. The van der Waals surface area contributed by atoms with Crippen molar-refractivity contribution >= 4 is 5.69 Å². The highest BCUT2D eigenvalue weighted by atomic mass is 16.3. The molecule has 4 nitrogen and oxygen atoms in total. The quantitative estimate of drug-likeness (QED) is 0.865. The van der Waals surface area contributed by atoms with Crippen LogP contribution in [0.4, 0.5) is 5.69 Å². The predicted molar refractivity (Wildman–Crippen MR) is 73.4 cm³/mol. The number of hydrogen-bond acceptors (Lipinski definition) is 3. The number of hydrogen-bond donors (Lipinski definition) is 2. The van der Waals surface area contributed by atoms with Crippen LogP contribution in [0.2, 0.25) is 0 Å². The van der Waals surface area contributed by atoms with Gasteiger partial charge in [0.25, 0.3) is 0 Å². The van der Waals surface area contributed by atoms with Crippen LogP contribution in [0.25, 0.3) is 0 Å². The fraction of sp³-hybridized carbons (Fsp3) is 0.714. The zero-order valence-electron chi connectivity index (χ0n) is 11.2. The third kappa shape index (κ3) is 2.74. The lowest BCUT2D eigenvalue weighted by molar-refractivity contribution is 0.364. The van der Waals surface area contributed by atoms with Crippen molar-refractivity contribution in [2.75, 3.05) is 18.0 Å². The molecule has 1 aromatic heterocycles. The summed E-state index contributed by atoms with van der Waals surface area (Å²) in [7, 11) is 0. The van der Waals surface area contributed by atoms with E-state index >= 15 is 0 Å². The van der Waals surface area contributed by atoms with Gasteiger partial charge in [-0.25, -0.2) is 0 Å². The molecule has 0 aromatic carbocycles. The molecule has 102 valence electrons. The zero-order chi connectivity index (χ0) is 13.0. The van der Waals surface area contributed by atoms with E-state index in [9.17, 15) is 10.2 Å². The van der Waals surface area contributed by atoms with E-state index in [1.165, 1.54) is 25.7 Å². The summed E-state index contributed by atoms with van der Waals surface area (Å²) in [5, 5.41) is 20.2. The predicted octanol–water partition coefficient (Wildman–Crippen LogP) is 3.08. The van der Waals surface area contributed by atoms with Gasteiger partial charge in [-0.15, -0.1) is 0 Å². The highest BCUT2D eigenvalue weighted by Gasteiger charge is 2.19. The summed E-state index contributed by atoms with van der Waals surface area (Å²) in [6, 6.07) is 1.70. The lowest BCUT2D eigenvalue weighted by Gasteiger charge is -2.21. The molecule has 1 aliphatic rings. The second-order valence-corrected chi connectivity index (χ2v) is 5.12. The second-order valence-electron chi connectivity index (χ2n) is 5.12. The number of aromatic nitrogens is 1. The van der Waals surface area contributed by atoms with E-state index in [0.29, 0.717) is 6.54 Å². The summed E-state index contributed by atoms with van der Waals surface area (Å²) >= 11 is 0. The summed E-state index contributed by atoms with van der Waals surface area (Å²) in [5.74, 6) is 0.406. The second kappa shape index (κ2) is 6.03. The number of rotatable bonds is 4. The summed E-state index contributed by atoms with van der Waals surface area (Å²) in [5.41, 5.74) is 0.797. The summed E-state index contributed by atoms with van der Waals surface area (Å²) in [6.07, 6.45) is 6.88. The van der Waals surface area contributed by atoms with Gasteiger partial charge >= 0.3 is 0 Å². The van der Waals surface area contributed by atoms with Crippen molar-refractivity contribution in [3.63, 3.8) is 0 Å². The van der Waals surface area contributed by atoms with Crippen LogP contribution in [-0.2, 0) is 6.54 Å². The molecule has 0 saturated carbocycles. The van der Waals surface area contributed by atoms with E-state index in [1.807, 2.05) is 0 Å². The van der Waals surface area contributed by atoms with Crippen molar-refractivity contribution in [2.24, 2.45) is 0 Å². The molecule has 1 aromatic rings. The van der Waals surface area contributed by atoms with Crippen molar-refractivity contribution in [1.82, 2.24) is 4.57 Å². The molecule has 0 unspecified atom stereocenters. The molecule has 2 N–H and O–H groups in total. The molecule has 1 saturated heterocycles. The lowest BCUT2D eigenvalue weighted by Crippen LogP contribution is -2.23. The van der Waals surface area contributed by atoms with Crippen LogP contribution in [0.1, 0.15) is 45.4 Å². The first kappa shape index (κ1) is 13.1. The average Bonchev–Trinajstić information content (AvgIpc) is 2.60. The van der Waals surface area contributed by atoms with Crippen molar-refractivity contribution < 1.29 is 10.2 Å². The first-order valence-corrected chi connectivity index (χ1v) is 7.10. The van der Waals surface area contributed by atoms with E-state index in [-0.39, 0.29) is 11.8 Å². The number of anilines is 1. The Kier molecular flexibility index (Phi) is 4.39. The Morgan fingerprint density at radius 2 is 1.78 bits per heavy atom. The van der Waals surface area contributed by atoms with Gasteiger partial charge in [-0.05, 0) is 19.3 Å². The van der Waals surface area contributed by atoms with Crippen molar-refractivity contribution in [1.29, 1.82) is 0 Å². The molecule has 1 aliphatic heterocycles. The Balaban J connectivity index is 2.16. The Morgan fingerprint density at radius 1 is 1.11 bits per heavy atom. The van der Waals surface area contributed by atoms with E-state index in [2.05, 4.69) is 11.8 Å². The molecule has 1 fully saturated rings. The molecule has 0 spiro atoms. The molecule has 18 heavy (non-hydrogen) atoms.